The second kappa shape index (κ2) is 5.24. The highest BCUT2D eigenvalue weighted by molar-refractivity contribution is 7.80. The topological polar surface area (TPSA) is 15.7 Å². The molecule has 0 radical (unpaired) electrons. The lowest BCUT2D eigenvalue weighted by Gasteiger charge is -2.21. The predicted molar refractivity (Wildman–Crippen MR) is 70.3 cm³/mol. The summed E-state index contributed by atoms with van der Waals surface area (Å²) in [6.07, 6.45) is -4.66. The van der Waals surface area contributed by atoms with Crippen LogP contribution in [0, 0.1) is 0 Å². The van der Waals surface area contributed by atoms with Gasteiger partial charge in [0, 0.05) is 25.3 Å². The fourth-order valence-corrected chi connectivity index (χ4v) is 2.36. The highest BCUT2D eigenvalue weighted by Crippen LogP contribution is 2.26. The molecule has 1 aliphatic rings. The number of benzene rings is 1. The molecule has 0 aromatic heterocycles. The summed E-state index contributed by atoms with van der Waals surface area (Å²) < 4.78 is 40.0. The molecule has 19 heavy (non-hydrogen) atoms. The van der Waals surface area contributed by atoms with Crippen molar-refractivity contribution in [1.82, 2.24) is 4.90 Å². The minimum atomic E-state index is -4.66. The standard InChI is InChI=1S/C12H13F3N2OS/c1-2-16-7-8-17(11(16)19)9-3-5-10(6-4-9)18-12(13,14)15/h3-6H,2,7-8H2,1H3. The minimum absolute atomic E-state index is 0.228. The molecule has 1 saturated heterocycles. The quantitative estimate of drug-likeness (QED) is 0.795. The van der Waals surface area contributed by atoms with Gasteiger partial charge >= 0.3 is 6.36 Å². The van der Waals surface area contributed by atoms with Gasteiger partial charge in [0.1, 0.15) is 5.75 Å². The van der Waals surface area contributed by atoms with Crippen molar-refractivity contribution in [3.63, 3.8) is 0 Å². The number of nitrogens with zero attached hydrogens (tertiary/aromatic N) is 2. The average Bonchev–Trinajstić information content (AvgIpc) is 2.69. The Bertz CT molecular complexity index is 461. The Morgan fingerprint density at radius 2 is 1.84 bits per heavy atom. The molecule has 1 aromatic rings. The Hall–Kier alpha value is -1.50. The molecule has 0 N–H and O–H groups in total. The fourth-order valence-electron chi connectivity index (χ4n) is 1.94. The molecule has 1 heterocycles. The summed E-state index contributed by atoms with van der Waals surface area (Å²) in [5.41, 5.74) is 0.774. The van der Waals surface area contributed by atoms with Gasteiger partial charge in [0.15, 0.2) is 5.11 Å². The maximum absolute atomic E-state index is 12.0. The Balaban J connectivity index is 2.09. The first kappa shape index (κ1) is 13.9. The van der Waals surface area contributed by atoms with E-state index in [1.54, 1.807) is 12.1 Å². The van der Waals surface area contributed by atoms with E-state index in [1.165, 1.54) is 12.1 Å². The van der Waals surface area contributed by atoms with E-state index in [0.29, 0.717) is 5.11 Å². The average molecular weight is 290 g/mol. The molecule has 0 atom stereocenters. The number of hydrogen-bond acceptors (Lipinski definition) is 2. The highest BCUT2D eigenvalue weighted by Gasteiger charge is 2.31. The molecule has 0 unspecified atom stereocenters. The monoisotopic (exact) mass is 290 g/mol. The number of likely N-dealkylation sites (N-methyl/N-ethyl adjacent to an activating group) is 1. The maximum Gasteiger partial charge on any atom is 0.573 e. The molecule has 7 heteroatoms. The summed E-state index contributed by atoms with van der Waals surface area (Å²) in [5, 5.41) is 0.701. The molecule has 1 aromatic carbocycles. The molecule has 0 saturated carbocycles. The van der Waals surface area contributed by atoms with Crippen LogP contribution < -0.4 is 9.64 Å². The van der Waals surface area contributed by atoms with Crippen LogP contribution in [0.2, 0.25) is 0 Å². The number of halogens is 3. The zero-order chi connectivity index (χ0) is 14.0. The van der Waals surface area contributed by atoms with Gasteiger partial charge in [0.2, 0.25) is 0 Å². The number of anilines is 1. The van der Waals surface area contributed by atoms with Crippen LogP contribution in [0.1, 0.15) is 6.92 Å². The molecule has 1 fully saturated rings. The van der Waals surface area contributed by atoms with E-state index in [2.05, 4.69) is 4.74 Å². The van der Waals surface area contributed by atoms with Crippen molar-refractivity contribution >= 4 is 23.0 Å². The molecule has 0 spiro atoms. The van der Waals surface area contributed by atoms with Crippen LogP contribution in [-0.2, 0) is 0 Å². The summed E-state index contributed by atoms with van der Waals surface area (Å²) in [4.78, 5) is 3.94. The number of hydrogen-bond donors (Lipinski definition) is 0. The van der Waals surface area contributed by atoms with Crippen molar-refractivity contribution in [2.24, 2.45) is 0 Å². The molecule has 3 nitrogen and oxygen atoms in total. The van der Waals surface area contributed by atoms with Crippen LogP contribution in [0.5, 0.6) is 5.75 Å². The maximum atomic E-state index is 12.0. The first-order valence-corrected chi connectivity index (χ1v) is 6.24. The van der Waals surface area contributed by atoms with Crippen molar-refractivity contribution in [2.75, 3.05) is 24.5 Å². The lowest BCUT2D eigenvalue weighted by Crippen LogP contribution is -2.31. The van der Waals surface area contributed by atoms with Crippen LogP contribution in [0.25, 0.3) is 0 Å². The Kier molecular flexibility index (Phi) is 3.84. The smallest absolute Gasteiger partial charge is 0.406 e. The molecule has 2 rings (SSSR count). The van der Waals surface area contributed by atoms with E-state index in [9.17, 15) is 13.2 Å². The molecule has 0 bridgehead atoms. The zero-order valence-electron chi connectivity index (χ0n) is 10.3. The molecular weight excluding hydrogens is 277 g/mol. The summed E-state index contributed by atoms with van der Waals surface area (Å²) >= 11 is 5.30. The SMILES string of the molecule is CCN1CCN(c2ccc(OC(F)(F)F)cc2)C1=S. The third kappa shape index (κ3) is 3.28. The van der Waals surface area contributed by atoms with E-state index in [4.69, 9.17) is 12.2 Å². The van der Waals surface area contributed by atoms with Gasteiger partial charge in [-0.05, 0) is 43.4 Å². The number of ether oxygens (including phenoxy) is 1. The van der Waals surface area contributed by atoms with E-state index in [0.717, 1.165) is 25.3 Å². The van der Waals surface area contributed by atoms with Gasteiger partial charge in [-0.3, -0.25) is 0 Å². The summed E-state index contributed by atoms with van der Waals surface area (Å²) in [7, 11) is 0. The van der Waals surface area contributed by atoms with Crippen molar-refractivity contribution in [3.8, 4) is 5.75 Å². The highest BCUT2D eigenvalue weighted by atomic mass is 32.1. The Labute approximate surface area is 114 Å². The van der Waals surface area contributed by atoms with E-state index >= 15 is 0 Å². The van der Waals surface area contributed by atoms with Crippen LogP contribution in [0.4, 0.5) is 18.9 Å². The molecular formula is C12H13F3N2OS. The van der Waals surface area contributed by atoms with Gasteiger partial charge < -0.3 is 14.5 Å². The molecule has 104 valence electrons. The number of rotatable bonds is 3. The Morgan fingerprint density at radius 1 is 1.21 bits per heavy atom. The largest absolute Gasteiger partial charge is 0.573 e. The summed E-state index contributed by atoms with van der Waals surface area (Å²) in [6.45, 7) is 4.41. The third-order valence-electron chi connectivity index (χ3n) is 2.86. The van der Waals surface area contributed by atoms with Gasteiger partial charge in [-0.25, -0.2) is 0 Å². The normalized spacial score (nSPS) is 16.1. The lowest BCUT2D eigenvalue weighted by atomic mass is 10.3. The van der Waals surface area contributed by atoms with Crippen LogP contribution >= 0.6 is 12.2 Å². The minimum Gasteiger partial charge on any atom is -0.406 e. The summed E-state index contributed by atoms with van der Waals surface area (Å²) in [6, 6.07) is 5.74. The van der Waals surface area contributed by atoms with Gasteiger partial charge in [-0.15, -0.1) is 13.2 Å². The summed E-state index contributed by atoms with van der Waals surface area (Å²) in [5.74, 6) is -0.228. The molecule has 1 aliphatic heterocycles. The number of alkyl halides is 3. The third-order valence-corrected chi connectivity index (χ3v) is 3.34. The molecule has 0 amide bonds. The van der Waals surface area contributed by atoms with E-state index < -0.39 is 6.36 Å². The molecule has 0 aliphatic carbocycles. The van der Waals surface area contributed by atoms with E-state index in [-0.39, 0.29) is 5.75 Å². The predicted octanol–water partition coefficient (Wildman–Crippen LogP) is 3.01. The van der Waals surface area contributed by atoms with Gasteiger partial charge in [0.25, 0.3) is 0 Å². The van der Waals surface area contributed by atoms with Gasteiger partial charge in [-0.1, -0.05) is 0 Å². The van der Waals surface area contributed by atoms with Crippen molar-refractivity contribution < 1.29 is 17.9 Å². The number of thiocarbonyl (C=S) groups is 1. The zero-order valence-corrected chi connectivity index (χ0v) is 11.1. The second-order valence-corrected chi connectivity index (χ2v) is 4.42. The van der Waals surface area contributed by atoms with Crippen molar-refractivity contribution in [1.29, 1.82) is 0 Å². The van der Waals surface area contributed by atoms with Crippen molar-refractivity contribution in [3.05, 3.63) is 24.3 Å². The van der Waals surface area contributed by atoms with Crippen LogP contribution in [-0.4, -0.2) is 36.0 Å². The fraction of sp³-hybridized carbons (Fsp3) is 0.417. The first-order chi connectivity index (χ1) is 8.90. The first-order valence-electron chi connectivity index (χ1n) is 5.83. The van der Waals surface area contributed by atoms with Crippen LogP contribution in [0.15, 0.2) is 24.3 Å². The Morgan fingerprint density at radius 3 is 2.32 bits per heavy atom. The van der Waals surface area contributed by atoms with Gasteiger partial charge in [0.05, 0.1) is 0 Å². The van der Waals surface area contributed by atoms with E-state index in [1.807, 2.05) is 16.7 Å². The second-order valence-electron chi connectivity index (χ2n) is 4.06. The van der Waals surface area contributed by atoms with Gasteiger partial charge in [-0.2, -0.15) is 0 Å². The van der Waals surface area contributed by atoms with Crippen molar-refractivity contribution in [2.45, 2.75) is 13.3 Å². The lowest BCUT2D eigenvalue weighted by molar-refractivity contribution is -0.274. The van der Waals surface area contributed by atoms with Crippen LogP contribution in [0.3, 0.4) is 0 Å².